The molecule has 178 valence electrons. The molecule has 2 N–H and O–H groups in total. The van der Waals surface area contributed by atoms with E-state index in [1.54, 1.807) is 26.0 Å². The minimum absolute atomic E-state index is 0. The second-order valence-corrected chi connectivity index (χ2v) is 8.91. The van der Waals surface area contributed by atoms with Crippen molar-refractivity contribution in [3.05, 3.63) is 42.5 Å². The van der Waals surface area contributed by atoms with Gasteiger partial charge in [0.25, 0.3) is 0 Å². The number of anilines is 1. The molecule has 6 nitrogen and oxygen atoms in total. The zero-order valence-electron chi connectivity index (χ0n) is 18.6. The van der Waals surface area contributed by atoms with Crippen LogP contribution in [0, 0.1) is 5.92 Å². The van der Waals surface area contributed by atoms with Gasteiger partial charge in [-0.2, -0.15) is 0 Å². The lowest BCUT2D eigenvalue weighted by Crippen LogP contribution is -2.43. The van der Waals surface area contributed by atoms with Crippen LogP contribution in [0.1, 0.15) is 12.8 Å². The van der Waals surface area contributed by atoms with Gasteiger partial charge in [-0.3, -0.25) is 4.90 Å². The molecule has 2 heterocycles. The van der Waals surface area contributed by atoms with Gasteiger partial charge in [-0.1, -0.05) is 30.0 Å². The highest BCUT2D eigenvalue weighted by molar-refractivity contribution is 8.93. The van der Waals surface area contributed by atoms with Crippen LogP contribution >= 0.6 is 45.7 Å². The molecular weight excluding hydrogens is 558 g/mol. The van der Waals surface area contributed by atoms with Gasteiger partial charge in [0.15, 0.2) is 11.5 Å². The average Bonchev–Trinajstić information content (AvgIpc) is 3.10. The fourth-order valence-corrected chi connectivity index (χ4v) is 5.28. The Hall–Kier alpha value is -1.13. The van der Waals surface area contributed by atoms with E-state index in [-0.39, 0.29) is 39.5 Å². The monoisotopic (exact) mass is 589 g/mol. The molecule has 0 amide bonds. The highest BCUT2D eigenvalue weighted by Crippen LogP contribution is 2.42. The molecule has 1 fully saturated rings. The quantitative estimate of drug-likeness (QED) is 0.474. The second kappa shape index (κ2) is 12.9. The maximum Gasteiger partial charge on any atom is 0.203 e. The summed E-state index contributed by atoms with van der Waals surface area (Å²) in [5.74, 6) is 2.76. The summed E-state index contributed by atoms with van der Waals surface area (Å²) in [6, 6.07) is 14.2. The topological polar surface area (TPSA) is 60.2 Å². The summed E-state index contributed by atoms with van der Waals surface area (Å²) < 4.78 is 16.8. The molecular formula is C23H33Br2N3O3S. The number of rotatable bonds is 8. The first-order chi connectivity index (χ1) is 14.7. The SMILES string of the molecule is Br.Br.COc1cccc(OC)c1OCCN1CCC(CN2c3ccccc3SC2N)CC1. The van der Waals surface area contributed by atoms with Gasteiger partial charge in [0, 0.05) is 18.0 Å². The first-order valence-corrected chi connectivity index (χ1v) is 11.4. The van der Waals surface area contributed by atoms with Crippen molar-refractivity contribution in [2.75, 3.05) is 51.9 Å². The Labute approximate surface area is 216 Å². The van der Waals surface area contributed by atoms with Crippen LogP contribution in [0.2, 0.25) is 0 Å². The Bertz CT molecular complexity index is 831. The number of halogens is 2. The third-order valence-electron chi connectivity index (χ3n) is 5.93. The van der Waals surface area contributed by atoms with Crippen LogP contribution < -0.4 is 24.8 Å². The Morgan fingerprint density at radius 1 is 0.969 bits per heavy atom. The molecule has 2 aliphatic rings. The number of ether oxygens (including phenoxy) is 3. The summed E-state index contributed by atoms with van der Waals surface area (Å²) >= 11 is 1.76. The van der Waals surface area contributed by atoms with Crippen LogP contribution in [0.25, 0.3) is 0 Å². The van der Waals surface area contributed by atoms with Gasteiger partial charge in [0.1, 0.15) is 12.1 Å². The fraction of sp³-hybridized carbons (Fsp3) is 0.478. The number of benzene rings is 2. The molecule has 2 aromatic carbocycles. The Morgan fingerprint density at radius 2 is 1.62 bits per heavy atom. The summed E-state index contributed by atoms with van der Waals surface area (Å²) in [6.07, 6.45) is 2.38. The van der Waals surface area contributed by atoms with E-state index in [0.29, 0.717) is 29.8 Å². The molecule has 2 aliphatic heterocycles. The van der Waals surface area contributed by atoms with Crippen LogP contribution in [0.15, 0.2) is 47.4 Å². The van der Waals surface area contributed by atoms with Crippen LogP contribution in [0.4, 0.5) is 5.69 Å². The van der Waals surface area contributed by atoms with E-state index in [1.807, 2.05) is 18.2 Å². The van der Waals surface area contributed by atoms with Crippen molar-refractivity contribution in [2.24, 2.45) is 11.7 Å². The molecule has 0 saturated carbocycles. The summed E-state index contributed by atoms with van der Waals surface area (Å²) in [4.78, 5) is 6.15. The van der Waals surface area contributed by atoms with Crippen LogP contribution in [-0.4, -0.2) is 57.4 Å². The number of likely N-dealkylation sites (tertiary alicyclic amines) is 1. The molecule has 2 aromatic rings. The van der Waals surface area contributed by atoms with Gasteiger partial charge in [-0.15, -0.1) is 34.0 Å². The van der Waals surface area contributed by atoms with Crippen LogP contribution in [0.5, 0.6) is 17.2 Å². The number of hydrogen-bond acceptors (Lipinski definition) is 7. The van der Waals surface area contributed by atoms with E-state index in [4.69, 9.17) is 19.9 Å². The maximum absolute atomic E-state index is 6.38. The van der Waals surface area contributed by atoms with Crippen molar-refractivity contribution < 1.29 is 14.2 Å². The summed E-state index contributed by atoms with van der Waals surface area (Å²) in [5.41, 5.74) is 7.70. The van der Waals surface area contributed by atoms with Gasteiger partial charge >= 0.3 is 0 Å². The summed E-state index contributed by atoms with van der Waals surface area (Å²) in [7, 11) is 3.30. The minimum Gasteiger partial charge on any atom is -0.493 e. The third-order valence-corrected chi connectivity index (χ3v) is 7.02. The number of methoxy groups -OCH3 is 2. The van der Waals surface area contributed by atoms with E-state index >= 15 is 0 Å². The molecule has 0 spiro atoms. The Kier molecular flexibility index (Phi) is 11.0. The second-order valence-electron chi connectivity index (χ2n) is 7.75. The number of fused-ring (bicyclic) bond motifs is 1. The number of hydrogen-bond donors (Lipinski definition) is 1. The number of nitrogens with zero attached hydrogens (tertiary/aromatic N) is 2. The van der Waals surface area contributed by atoms with Crippen LogP contribution in [0.3, 0.4) is 0 Å². The van der Waals surface area contributed by atoms with E-state index in [2.05, 4.69) is 34.1 Å². The molecule has 0 radical (unpaired) electrons. The first-order valence-electron chi connectivity index (χ1n) is 10.5. The molecule has 0 aromatic heterocycles. The van der Waals surface area contributed by atoms with Crippen molar-refractivity contribution in [1.82, 2.24) is 4.90 Å². The van der Waals surface area contributed by atoms with Crippen molar-refractivity contribution >= 4 is 51.4 Å². The number of nitrogens with two attached hydrogens (primary N) is 1. The van der Waals surface area contributed by atoms with E-state index in [1.165, 1.54) is 23.4 Å². The van der Waals surface area contributed by atoms with Gasteiger partial charge < -0.3 is 24.8 Å². The molecule has 1 unspecified atom stereocenters. The minimum atomic E-state index is 0. The lowest BCUT2D eigenvalue weighted by molar-refractivity contribution is 0.153. The van der Waals surface area contributed by atoms with E-state index in [9.17, 15) is 0 Å². The lowest BCUT2D eigenvalue weighted by Gasteiger charge is -2.35. The predicted molar refractivity (Wildman–Crippen MR) is 142 cm³/mol. The summed E-state index contributed by atoms with van der Waals surface area (Å²) in [5, 5.41) is 0. The largest absolute Gasteiger partial charge is 0.493 e. The third kappa shape index (κ3) is 6.26. The Morgan fingerprint density at radius 3 is 2.28 bits per heavy atom. The fourth-order valence-electron chi connectivity index (χ4n) is 4.23. The molecule has 1 saturated heterocycles. The van der Waals surface area contributed by atoms with Gasteiger partial charge in [-0.25, -0.2) is 0 Å². The van der Waals surface area contributed by atoms with Crippen molar-refractivity contribution in [1.29, 1.82) is 0 Å². The molecule has 0 bridgehead atoms. The van der Waals surface area contributed by atoms with Gasteiger partial charge in [-0.05, 0) is 56.1 Å². The number of thioether (sulfide) groups is 1. The Balaban J connectivity index is 0.00000181. The molecule has 32 heavy (non-hydrogen) atoms. The average molecular weight is 591 g/mol. The van der Waals surface area contributed by atoms with Crippen molar-refractivity contribution in [3.8, 4) is 17.2 Å². The number of para-hydroxylation sites is 2. The van der Waals surface area contributed by atoms with Crippen LogP contribution in [-0.2, 0) is 0 Å². The molecule has 9 heteroatoms. The normalized spacial score (nSPS) is 18.3. The highest BCUT2D eigenvalue weighted by Gasteiger charge is 2.30. The van der Waals surface area contributed by atoms with E-state index in [0.717, 1.165) is 26.2 Å². The van der Waals surface area contributed by atoms with E-state index < -0.39 is 0 Å². The van der Waals surface area contributed by atoms with Gasteiger partial charge in [0.2, 0.25) is 5.75 Å². The first kappa shape index (κ1) is 27.1. The van der Waals surface area contributed by atoms with Gasteiger partial charge in [0.05, 0.1) is 19.9 Å². The highest BCUT2D eigenvalue weighted by atomic mass is 79.9. The van der Waals surface area contributed by atoms with Crippen molar-refractivity contribution in [2.45, 2.75) is 23.2 Å². The summed E-state index contributed by atoms with van der Waals surface area (Å²) in [6.45, 7) is 4.73. The maximum atomic E-state index is 6.38. The smallest absolute Gasteiger partial charge is 0.203 e. The zero-order chi connectivity index (χ0) is 20.9. The number of piperidine rings is 1. The van der Waals surface area contributed by atoms with Crippen molar-refractivity contribution in [3.63, 3.8) is 0 Å². The lowest BCUT2D eigenvalue weighted by atomic mass is 9.96. The molecule has 1 atom stereocenters. The molecule has 0 aliphatic carbocycles. The predicted octanol–water partition coefficient (Wildman–Crippen LogP) is 4.81. The molecule has 4 rings (SSSR count). The zero-order valence-corrected chi connectivity index (χ0v) is 22.8. The standard InChI is InChI=1S/C23H31N3O3S.2BrH/c1-27-19-7-5-8-20(28-2)22(19)29-15-14-25-12-10-17(11-13-25)16-26-18-6-3-4-9-21(18)30-23(26)24;;/h3-9,17,23H,10-16,24H2,1-2H3;2*1H.